The smallest absolute Gasteiger partial charge is 0.277 e. The summed E-state index contributed by atoms with van der Waals surface area (Å²) in [6, 6.07) is 17.9. The zero-order chi connectivity index (χ0) is 19.3. The number of carbonyl (C=O) groups excluding carboxylic acids is 1. The van der Waals surface area contributed by atoms with Gasteiger partial charge in [0.1, 0.15) is 18.2 Å². The fourth-order valence-corrected chi connectivity index (χ4v) is 2.52. The van der Waals surface area contributed by atoms with E-state index in [2.05, 4.69) is 10.5 Å². The Morgan fingerprint density at radius 3 is 2.68 bits per heavy atom. The maximum Gasteiger partial charge on any atom is 0.277 e. The van der Waals surface area contributed by atoms with Crippen molar-refractivity contribution in [1.29, 1.82) is 0 Å². The van der Waals surface area contributed by atoms with Crippen molar-refractivity contribution >= 4 is 11.6 Å². The van der Waals surface area contributed by atoms with Gasteiger partial charge in [-0.05, 0) is 42.0 Å². The Hall–Kier alpha value is -3.87. The van der Waals surface area contributed by atoms with Crippen molar-refractivity contribution in [2.75, 3.05) is 5.32 Å². The molecule has 2 aromatic heterocycles. The SMILES string of the molecule is O=C(Nc1cccc(OCc2ccc(F)cc2)c1)c1cc(-c2ccco2)on1. The van der Waals surface area contributed by atoms with Crippen LogP contribution >= 0.6 is 0 Å². The molecule has 140 valence electrons. The number of halogens is 1. The third-order valence-electron chi connectivity index (χ3n) is 3.92. The number of furan rings is 1. The maximum absolute atomic E-state index is 12.9. The average Bonchev–Trinajstić information content (AvgIpc) is 3.39. The van der Waals surface area contributed by atoms with Crippen LogP contribution in [0, 0.1) is 5.82 Å². The molecule has 0 saturated carbocycles. The normalized spacial score (nSPS) is 10.6. The Labute approximate surface area is 159 Å². The summed E-state index contributed by atoms with van der Waals surface area (Å²) in [7, 11) is 0. The van der Waals surface area contributed by atoms with Crippen molar-refractivity contribution < 1.29 is 22.9 Å². The van der Waals surface area contributed by atoms with Gasteiger partial charge in [0.25, 0.3) is 5.91 Å². The second-order valence-electron chi connectivity index (χ2n) is 5.95. The fourth-order valence-electron chi connectivity index (χ4n) is 2.52. The molecule has 0 bridgehead atoms. The van der Waals surface area contributed by atoms with E-state index < -0.39 is 5.91 Å². The summed E-state index contributed by atoms with van der Waals surface area (Å²) >= 11 is 0. The lowest BCUT2D eigenvalue weighted by Crippen LogP contribution is -2.12. The van der Waals surface area contributed by atoms with Crippen molar-refractivity contribution in [3.63, 3.8) is 0 Å². The highest BCUT2D eigenvalue weighted by Gasteiger charge is 2.15. The first-order chi connectivity index (χ1) is 13.7. The molecule has 7 heteroatoms. The number of nitrogens with zero attached hydrogens (tertiary/aromatic N) is 1. The molecule has 0 unspecified atom stereocenters. The third kappa shape index (κ3) is 4.09. The first-order valence-corrected chi connectivity index (χ1v) is 8.47. The molecule has 0 saturated heterocycles. The topological polar surface area (TPSA) is 77.5 Å². The first kappa shape index (κ1) is 17.5. The summed E-state index contributed by atoms with van der Waals surface area (Å²) < 4.78 is 29.0. The first-order valence-electron chi connectivity index (χ1n) is 8.47. The van der Waals surface area contributed by atoms with Crippen LogP contribution in [0.25, 0.3) is 11.5 Å². The standard InChI is InChI=1S/C21H15FN2O4/c22-15-8-6-14(7-9-15)13-27-17-4-1-3-16(11-17)23-21(25)18-12-20(28-24-18)19-5-2-10-26-19/h1-12H,13H2,(H,23,25). The predicted molar refractivity (Wildman–Crippen MR) is 99.3 cm³/mol. The molecular formula is C21H15FN2O4. The number of hydrogen-bond acceptors (Lipinski definition) is 5. The number of anilines is 1. The number of nitrogens with one attached hydrogen (secondary N) is 1. The van der Waals surface area contributed by atoms with Gasteiger partial charge < -0.3 is 19.0 Å². The van der Waals surface area contributed by atoms with E-state index in [-0.39, 0.29) is 18.1 Å². The second-order valence-corrected chi connectivity index (χ2v) is 5.95. The van der Waals surface area contributed by atoms with Crippen LogP contribution in [0.15, 0.2) is 81.9 Å². The Morgan fingerprint density at radius 1 is 1.04 bits per heavy atom. The van der Waals surface area contributed by atoms with E-state index >= 15 is 0 Å². The largest absolute Gasteiger partial charge is 0.489 e. The van der Waals surface area contributed by atoms with Crippen LogP contribution in [-0.4, -0.2) is 11.1 Å². The van der Waals surface area contributed by atoms with Crippen molar-refractivity contribution in [1.82, 2.24) is 5.16 Å². The van der Waals surface area contributed by atoms with Crippen LogP contribution in [0.5, 0.6) is 5.75 Å². The molecule has 0 spiro atoms. The van der Waals surface area contributed by atoms with Crippen molar-refractivity contribution in [2.45, 2.75) is 6.61 Å². The Kier molecular flexibility index (Phi) is 4.88. The molecular weight excluding hydrogens is 363 g/mol. The van der Waals surface area contributed by atoms with E-state index in [9.17, 15) is 9.18 Å². The van der Waals surface area contributed by atoms with E-state index in [0.29, 0.717) is 23.0 Å². The van der Waals surface area contributed by atoms with Crippen LogP contribution in [-0.2, 0) is 6.61 Å². The highest BCUT2D eigenvalue weighted by molar-refractivity contribution is 6.03. The van der Waals surface area contributed by atoms with Crippen LogP contribution in [0.1, 0.15) is 16.1 Å². The highest BCUT2D eigenvalue weighted by atomic mass is 19.1. The van der Waals surface area contributed by atoms with Gasteiger partial charge in [-0.15, -0.1) is 0 Å². The lowest BCUT2D eigenvalue weighted by Gasteiger charge is -2.09. The third-order valence-corrected chi connectivity index (χ3v) is 3.92. The van der Waals surface area contributed by atoms with Gasteiger partial charge in [0.15, 0.2) is 11.5 Å². The summed E-state index contributed by atoms with van der Waals surface area (Å²) in [6.07, 6.45) is 1.51. The zero-order valence-corrected chi connectivity index (χ0v) is 14.6. The number of carbonyl (C=O) groups is 1. The molecule has 1 amide bonds. The van der Waals surface area contributed by atoms with Gasteiger partial charge in [-0.25, -0.2) is 4.39 Å². The van der Waals surface area contributed by atoms with Crippen LogP contribution < -0.4 is 10.1 Å². The fraction of sp³-hybridized carbons (Fsp3) is 0.0476. The molecule has 4 rings (SSSR count). The lowest BCUT2D eigenvalue weighted by atomic mass is 10.2. The second kappa shape index (κ2) is 7.79. The molecule has 0 aliphatic rings. The van der Waals surface area contributed by atoms with E-state index in [1.165, 1.54) is 24.5 Å². The minimum absolute atomic E-state index is 0.129. The van der Waals surface area contributed by atoms with E-state index in [1.807, 2.05) is 0 Å². The van der Waals surface area contributed by atoms with Crippen molar-refractivity contribution in [2.24, 2.45) is 0 Å². The van der Waals surface area contributed by atoms with Crippen molar-refractivity contribution in [3.05, 3.63) is 90.1 Å². The molecule has 2 aromatic carbocycles. The van der Waals surface area contributed by atoms with Crippen LogP contribution in [0.2, 0.25) is 0 Å². The number of ether oxygens (including phenoxy) is 1. The number of hydrogen-bond donors (Lipinski definition) is 1. The minimum Gasteiger partial charge on any atom is -0.489 e. The molecule has 4 aromatic rings. The quantitative estimate of drug-likeness (QED) is 0.516. The summed E-state index contributed by atoms with van der Waals surface area (Å²) in [5, 5.41) is 6.51. The van der Waals surface area contributed by atoms with Gasteiger partial charge in [0, 0.05) is 17.8 Å². The summed E-state index contributed by atoms with van der Waals surface area (Å²) in [5.74, 6) is 0.710. The van der Waals surface area contributed by atoms with Crippen LogP contribution in [0.3, 0.4) is 0 Å². The number of aromatic nitrogens is 1. The van der Waals surface area contributed by atoms with E-state index in [0.717, 1.165) is 5.56 Å². The van der Waals surface area contributed by atoms with Gasteiger partial charge in [0.2, 0.25) is 5.76 Å². The summed E-state index contributed by atoms with van der Waals surface area (Å²) in [4.78, 5) is 12.4. The molecule has 1 N–H and O–H groups in total. The maximum atomic E-state index is 12.9. The predicted octanol–water partition coefficient (Wildman–Crippen LogP) is 4.91. The van der Waals surface area contributed by atoms with Gasteiger partial charge in [-0.1, -0.05) is 23.4 Å². The lowest BCUT2D eigenvalue weighted by molar-refractivity contribution is 0.101. The van der Waals surface area contributed by atoms with E-state index in [1.54, 1.807) is 48.5 Å². The minimum atomic E-state index is -0.419. The van der Waals surface area contributed by atoms with Gasteiger partial charge in [0.05, 0.1) is 6.26 Å². The number of amides is 1. The van der Waals surface area contributed by atoms with E-state index in [4.69, 9.17) is 13.7 Å². The molecule has 0 aliphatic carbocycles. The number of benzene rings is 2. The Bertz CT molecular complexity index is 1070. The van der Waals surface area contributed by atoms with Crippen molar-refractivity contribution in [3.8, 4) is 17.3 Å². The average molecular weight is 378 g/mol. The highest BCUT2D eigenvalue weighted by Crippen LogP contribution is 2.22. The summed E-state index contributed by atoms with van der Waals surface area (Å²) in [5.41, 5.74) is 1.51. The molecule has 6 nitrogen and oxygen atoms in total. The molecule has 28 heavy (non-hydrogen) atoms. The monoisotopic (exact) mass is 378 g/mol. The molecule has 0 aliphatic heterocycles. The van der Waals surface area contributed by atoms with Gasteiger partial charge in [-0.3, -0.25) is 4.79 Å². The van der Waals surface area contributed by atoms with Crippen LogP contribution in [0.4, 0.5) is 10.1 Å². The van der Waals surface area contributed by atoms with Gasteiger partial charge in [-0.2, -0.15) is 0 Å². The Balaban J connectivity index is 1.40. The Morgan fingerprint density at radius 2 is 1.89 bits per heavy atom. The zero-order valence-electron chi connectivity index (χ0n) is 14.6. The summed E-state index contributed by atoms with van der Waals surface area (Å²) in [6.45, 7) is 0.285. The molecule has 2 heterocycles. The molecule has 0 atom stereocenters. The number of rotatable bonds is 6. The van der Waals surface area contributed by atoms with Gasteiger partial charge >= 0.3 is 0 Å². The molecule has 0 fully saturated rings. The molecule has 0 radical (unpaired) electrons.